The molecule has 0 atom stereocenters. The average molecular weight is 448 g/mol. The summed E-state index contributed by atoms with van der Waals surface area (Å²) in [4.78, 5) is 14.2. The molecule has 0 aliphatic carbocycles. The number of nitrogens with zero attached hydrogens (tertiary/aromatic N) is 4. The second-order valence-electron chi connectivity index (χ2n) is 7.32. The first-order chi connectivity index (χ1) is 14.9. The molecule has 156 valence electrons. The first-order valence-electron chi connectivity index (χ1n) is 9.58. The Balaban J connectivity index is 1.51. The van der Waals surface area contributed by atoms with Gasteiger partial charge in [-0.3, -0.25) is 4.98 Å². The molecule has 2 heterocycles. The predicted octanol–water partition coefficient (Wildman–Crippen LogP) is 5.70. The van der Waals surface area contributed by atoms with Gasteiger partial charge >= 0.3 is 0 Å². The van der Waals surface area contributed by atoms with Gasteiger partial charge in [0.15, 0.2) is 5.82 Å². The van der Waals surface area contributed by atoms with Crippen molar-refractivity contribution in [3.8, 4) is 0 Å². The Bertz CT molecular complexity index is 1290. The maximum Gasteiger partial charge on any atom is 0.216 e. The summed E-state index contributed by atoms with van der Waals surface area (Å²) in [7, 11) is -2.28. The Hall–Kier alpha value is -3.09. The lowest BCUT2D eigenvalue weighted by molar-refractivity contribution is 0.588. The van der Waals surface area contributed by atoms with Crippen LogP contribution in [-0.2, 0) is 11.1 Å². The number of fused-ring (bicyclic) bond motifs is 1. The average Bonchev–Trinajstić information content (AvgIpc) is 2.77. The molecule has 2 aromatic carbocycles. The summed E-state index contributed by atoms with van der Waals surface area (Å²) in [5.74, 6) is 0.689. The minimum absolute atomic E-state index is 0.236. The molecule has 0 fully saturated rings. The van der Waals surface area contributed by atoms with Crippen LogP contribution in [0.1, 0.15) is 5.56 Å². The highest BCUT2D eigenvalue weighted by Gasteiger charge is 2.12. The second kappa shape index (κ2) is 8.96. The van der Waals surface area contributed by atoms with Crippen molar-refractivity contribution in [1.29, 1.82) is 5.53 Å². The molecule has 0 radical (unpaired) electrons. The first-order valence-corrected chi connectivity index (χ1v) is 13.0. The van der Waals surface area contributed by atoms with Crippen LogP contribution < -0.4 is 10.6 Å². The van der Waals surface area contributed by atoms with Crippen LogP contribution in [0.2, 0.25) is 0 Å². The monoisotopic (exact) mass is 448 g/mol. The van der Waals surface area contributed by atoms with Crippen LogP contribution in [0.15, 0.2) is 82.0 Å². The van der Waals surface area contributed by atoms with Gasteiger partial charge in [-0.2, -0.15) is 0 Å². The number of pyridine rings is 1. The molecule has 2 aromatic heterocycles. The predicted molar refractivity (Wildman–Crippen MR) is 126 cm³/mol. The van der Waals surface area contributed by atoms with Crippen LogP contribution in [0.4, 0.5) is 11.6 Å². The highest BCUT2D eigenvalue weighted by molar-refractivity contribution is 7.99. The van der Waals surface area contributed by atoms with E-state index in [2.05, 4.69) is 31.4 Å². The molecule has 4 aromatic rings. The zero-order valence-corrected chi connectivity index (χ0v) is 18.8. The molecule has 0 saturated heterocycles. The van der Waals surface area contributed by atoms with Crippen LogP contribution in [0.5, 0.6) is 0 Å². The number of anilines is 1. The van der Waals surface area contributed by atoms with Gasteiger partial charge in [0, 0.05) is 28.3 Å². The van der Waals surface area contributed by atoms with E-state index in [9.17, 15) is 4.57 Å². The zero-order chi connectivity index (χ0) is 21.8. The maximum atomic E-state index is 12.2. The number of rotatable bonds is 7. The quantitative estimate of drug-likeness (QED) is 0.278. The van der Waals surface area contributed by atoms with E-state index in [1.165, 1.54) is 11.8 Å². The number of nitrogens with one attached hydrogen (secondary N) is 2. The third kappa shape index (κ3) is 5.16. The number of benzene rings is 2. The summed E-state index contributed by atoms with van der Waals surface area (Å²) < 4.78 is 12.2. The standard InChI is InChI=1S/C22H21N6OPS/c1-30(2,29)17-6-8-18(9-7-17)31-20-14-26-22(28-23)21(27-20)25-13-15-5-10-19-16(12-15)4-3-11-24-19/h3-12,14,23H,13H2,1-2H3,(H,25,27). The molecule has 0 unspecified atom stereocenters. The van der Waals surface area contributed by atoms with E-state index < -0.39 is 7.14 Å². The van der Waals surface area contributed by atoms with Crippen molar-refractivity contribution in [1.82, 2.24) is 15.0 Å². The summed E-state index contributed by atoms with van der Waals surface area (Å²) in [5.41, 5.74) is 9.40. The largest absolute Gasteiger partial charge is 0.363 e. The highest BCUT2D eigenvalue weighted by atomic mass is 32.2. The number of hydrogen-bond donors (Lipinski definition) is 2. The van der Waals surface area contributed by atoms with Gasteiger partial charge in [0.25, 0.3) is 0 Å². The van der Waals surface area contributed by atoms with Crippen LogP contribution in [0.25, 0.3) is 10.9 Å². The summed E-state index contributed by atoms with van der Waals surface area (Å²) >= 11 is 1.45. The van der Waals surface area contributed by atoms with Crippen molar-refractivity contribution in [2.24, 2.45) is 5.11 Å². The first kappa shape index (κ1) is 21.2. The van der Waals surface area contributed by atoms with Crippen molar-refractivity contribution >= 4 is 46.7 Å². The van der Waals surface area contributed by atoms with E-state index in [0.29, 0.717) is 17.4 Å². The zero-order valence-electron chi connectivity index (χ0n) is 17.1. The van der Waals surface area contributed by atoms with E-state index in [-0.39, 0.29) is 5.82 Å². The van der Waals surface area contributed by atoms with Crippen molar-refractivity contribution < 1.29 is 4.57 Å². The van der Waals surface area contributed by atoms with Crippen molar-refractivity contribution in [2.45, 2.75) is 16.5 Å². The van der Waals surface area contributed by atoms with Gasteiger partial charge in [-0.15, -0.1) is 5.11 Å². The van der Waals surface area contributed by atoms with Gasteiger partial charge in [-0.1, -0.05) is 36.0 Å². The molecule has 0 bridgehead atoms. The SMILES string of the molecule is CP(C)(=O)c1ccc(Sc2cnc(N=N)c(NCc3ccc4ncccc4c3)n2)cc1. The normalized spacial score (nSPS) is 11.4. The fraction of sp³-hybridized carbons (Fsp3) is 0.136. The Morgan fingerprint density at radius 1 is 1.10 bits per heavy atom. The molecule has 0 saturated carbocycles. The Morgan fingerprint density at radius 3 is 2.65 bits per heavy atom. The van der Waals surface area contributed by atoms with E-state index >= 15 is 0 Å². The molecular weight excluding hydrogens is 427 g/mol. The highest BCUT2D eigenvalue weighted by Crippen LogP contribution is 2.36. The van der Waals surface area contributed by atoms with Gasteiger partial charge in [0.05, 0.1) is 11.7 Å². The van der Waals surface area contributed by atoms with Crippen molar-refractivity contribution in [2.75, 3.05) is 18.6 Å². The van der Waals surface area contributed by atoms with Gasteiger partial charge < -0.3 is 9.88 Å². The fourth-order valence-corrected chi connectivity index (χ4v) is 4.65. The van der Waals surface area contributed by atoms with Gasteiger partial charge in [-0.05, 0) is 49.2 Å². The molecule has 0 spiro atoms. The Kier molecular flexibility index (Phi) is 6.11. The summed E-state index contributed by atoms with van der Waals surface area (Å²) in [5, 5.41) is 9.32. The lowest BCUT2D eigenvalue weighted by Gasteiger charge is -2.10. The molecule has 7 nitrogen and oxygen atoms in total. The van der Waals surface area contributed by atoms with Crippen LogP contribution >= 0.6 is 18.9 Å². The topological polar surface area (TPSA) is 104 Å². The maximum absolute atomic E-state index is 12.2. The Morgan fingerprint density at radius 2 is 1.90 bits per heavy atom. The lowest BCUT2D eigenvalue weighted by Crippen LogP contribution is -2.03. The molecule has 9 heteroatoms. The molecule has 4 rings (SSSR count). The van der Waals surface area contributed by atoms with E-state index in [1.54, 1.807) is 25.7 Å². The summed E-state index contributed by atoms with van der Waals surface area (Å²) in [6.45, 7) is 4.04. The van der Waals surface area contributed by atoms with Crippen LogP contribution in [0, 0.1) is 5.53 Å². The molecule has 0 aliphatic heterocycles. The van der Waals surface area contributed by atoms with Crippen molar-refractivity contribution in [3.05, 3.63) is 72.6 Å². The molecule has 2 N–H and O–H groups in total. The van der Waals surface area contributed by atoms with Crippen molar-refractivity contribution in [3.63, 3.8) is 0 Å². The number of hydrogen-bond acceptors (Lipinski definition) is 8. The van der Waals surface area contributed by atoms with Gasteiger partial charge in [0.2, 0.25) is 5.82 Å². The molecule has 0 aliphatic rings. The van der Waals surface area contributed by atoms with Gasteiger partial charge in [-0.25, -0.2) is 15.5 Å². The number of aromatic nitrogens is 3. The van der Waals surface area contributed by atoms with Crippen LogP contribution in [-0.4, -0.2) is 28.3 Å². The smallest absolute Gasteiger partial charge is 0.216 e. The van der Waals surface area contributed by atoms with Crippen LogP contribution in [0.3, 0.4) is 0 Å². The van der Waals surface area contributed by atoms with E-state index in [1.807, 2.05) is 48.5 Å². The minimum Gasteiger partial charge on any atom is -0.363 e. The Labute approximate surface area is 184 Å². The molecular formula is C22H21N6OPS. The third-order valence-corrected chi connectivity index (χ3v) is 7.10. The lowest BCUT2D eigenvalue weighted by atomic mass is 10.1. The van der Waals surface area contributed by atoms with E-state index in [4.69, 9.17) is 5.53 Å². The minimum atomic E-state index is -2.28. The molecule has 0 amide bonds. The molecule has 31 heavy (non-hydrogen) atoms. The summed E-state index contributed by atoms with van der Waals surface area (Å²) in [6.07, 6.45) is 3.38. The second-order valence-corrected chi connectivity index (χ2v) is 11.6. The van der Waals surface area contributed by atoms with Gasteiger partial charge in [0.1, 0.15) is 12.2 Å². The van der Waals surface area contributed by atoms with E-state index in [0.717, 1.165) is 26.7 Å². The summed E-state index contributed by atoms with van der Waals surface area (Å²) in [6, 6.07) is 17.6. The fourth-order valence-electron chi connectivity index (χ4n) is 3.03. The third-order valence-electron chi connectivity index (χ3n) is 4.65.